The Labute approximate surface area is 165 Å². The van der Waals surface area contributed by atoms with Crippen LogP contribution in [0.4, 0.5) is 5.69 Å². The second-order valence-corrected chi connectivity index (χ2v) is 7.80. The molecular formula is C25H25N3. The lowest BCUT2D eigenvalue weighted by Gasteiger charge is -2.21. The molecule has 0 saturated carbocycles. The van der Waals surface area contributed by atoms with Gasteiger partial charge in [-0.15, -0.1) is 0 Å². The van der Waals surface area contributed by atoms with Gasteiger partial charge >= 0.3 is 0 Å². The Kier molecular flexibility index (Phi) is 4.25. The average Bonchev–Trinajstić information content (AvgIpc) is 3.26. The van der Waals surface area contributed by atoms with Gasteiger partial charge in [-0.2, -0.15) is 0 Å². The van der Waals surface area contributed by atoms with E-state index in [4.69, 9.17) is 10.7 Å². The molecule has 0 aliphatic carbocycles. The molecule has 4 aromatic rings. The highest BCUT2D eigenvalue weighted by Crippen LogP contribution is 2.33. The van der Waals surface area contributed by atoms with Gasteiger partial charge in [-0.05, 0) is 53.8 Å². The summed E-state index contributed by atoms with van der Waals surface area (Å²) in [6.45, 7) is 4.35. The third kappa shape index (κ3) is 2.92. The van der Waals surface area contributed by atoms with Crippen molar-refractivity contribution in [2.24, 2.45) is 5.73 Å². The maximum Gasteiger partial charge on any atom is 0.0729 e. The summed E-state index contributed by atoms with van der Waals surface area (Å²) in [5, 5.41) is 3.66. The van der Waals surface area contributed by atoms with Gasteiger partial charge in [0.25, 0.3) is 0 Å². The van der Waals surface area contributed by atoms with E-state index in [2.05, 4.69) is 78.6 Å². The van der Waals surface area contributed by atoms with Gasteiger partial charge in [0, 0.05) is 29.9 Å². The largest absolute Gasteiger partial charge is 0.371 e. The third-order valence-corrected chi connectivity index (χ3v) is 5.90. The van der Waals surface area contributed by atoms with Gasteiger partial charge < -0.3 is 10.6 Å². The predicted octanol–water partition coefficient (Wildman–Crippen LogP) is 5.34. The molecule has 0 spiro atoms. The molecular weight excluding hydrogens is 342 g/mol. The SMILES string of the molecule is Cc1cc(N2CCCC2)c2ccc(C(N)c3cccc4ccccc34)cc2n1. The van der Waals surface area contributed by atoms with Crippen LogP contribution in [0.1, 0.15) is 35.7 Å². The Balaban J connectivity index is 1.61. The van der Waals surface area contributed by atoms with Crippen molar-refractivity contribution in [3.8, 4) is 0 Å². The van der Waals surface area contributed by atoms with Crippen molar-refractivity contribution in [3.63, 3.8) is 0 Å². The van der Waals surface area contributed by atoms with Crippen molar-refractivity contribution in [3.05, 3.63) is 83.6 Å². The minimum absolute atomic E-state index is 0.173. The Morgan fingerprint density at radius 1 is 0.893 bits per heavy atom. The van der Waals surface area contributed by atoms with Gasteiger partial charge in [-0.25, -0.2) is 0 Å². The lowest BCUT2D eigenvalue weighted by molar-refractivity contribution is 0.882. The Morgan fingerprint density at radius 2 is 1.68 bits per heavy atom. The van der Waals surface area contributed by atoms with Crippen LogP contribution in [-0.2, 0) is 0 Å². The number of hydrogen-bond donors (Lipinski definition) is 1. The highest BCUT2D eigenvalue weighted by molar-refractivity contribution is 5.93. The van der Waals surface area contributed by atoms with Crippen LogP contribution >= 0.6 is 0 Å². The first-order valence-corrected chi connectivity index (χ1v) is 10.1. The number of nitrogens with zero attached hydrogens (tertiary/aromatic N) is 2. The van der Waals surface area contributed by atoms with E-state index in [-0.39, 0.29) is 6.04 Å². The van der Waals surface area contributed by atoms with E-state index in [0.717, 1.165) is 35.4 Å². The van der Waals surface area contributed by atoms with E-state index < -0.39 is 0 Å². The summed E-state index contributed by atoms with van der Waals surface area (Å²) < 4.78 is 0. The number of benzene rings is 3. The molecule has 1 aliphatic heterocycles. The smallest absolute Gasteiger partial charge is 0.0729 e. The van der Waals surface area contributed by atoms with Gasteiger partial charge in [0.15, 0.2) is 0 Å². The maximum absolute atomic E-state index is 6.73. The molecule has 1 unspecified atom stereocenters. The van der Waals surface area contributed by atoms with Crippen molar-refractivity contribution in [2.75, 3.05) is 18.0 Å². The van der Waals surface area contributed by atoms with Crippen molar-refractivity contribution < 1.29 is 0 Å². The minimum atomic E-state index is -0.173. The van der Waals surface area contributed by atoms with Crippen LogP contribution in [0.15, 0.2) is 66.7 Å². The molecule has 1 atom stereocenters. The van der Waals surface area contributed by atoms with E-state index in [1.165, 1.54) is 34.7 Å². The van der Waals surface area contributed by atoms with E-state index >= 15 is 0 Å². The molecule has 0 radical (unpaired) electrons. The van der Waals surface area contributed by atoms with Gasteiger partial charge in [-0.1, -0.05) is 54.6 Å². The number of aryl methyl sites for hydroxylation is 1. The van der Waals surface area contributed by atoms with Gasteiger partial charge in [0.2, 0.25) is 0 Å². The van der Waals surface area contributed by atoms with E-state index in [1.54, 1.807) is 0 Å². The second kappa shape index (κ2) is 6.92. The molecule has 0 amide bonds. The van der Waals surface area contributed by atoms with Crippen LogP contribution in [-0.4, -0.2) is 18.1 Å². The van der Waals surface area contributed by atoms with Gasteiger partial charge in [0.1, 0.15) is 0 Å². The standard InChI is InChI=1S/C25H25N3/c1-17-15-24(28-13-4-5-14-28)22-12-11-19(16-23(22)27-17)25(26)21-10-6-8-18-7-2-3-9-20(18)21/h2-3,6-12,15-16,25H,4-5,13-14,26H2,1H3. The first kappa shape index (κ1) is 17.2. The van der Waals surface area contributed by atoms with Gasteiger partial charge in [-0.3, -0.25) is 4.98 Å². The van der Waals surface area contributed by atoms with Gasteiger partial charge in [0.05, 0.1) is 11.6 Å². The number of pyridine rings is 1. The molecule has 28 heavy (non-hydrogen) atoms. The Morgan fingerprint density at radius 3 is 2.54 bits per heavy atom. The molecule has 3 nitrogen and oxygen atoms in total. The lowest BCUT2D eigenvalue weighted by Crippen LogP contribution is -2.18. The average molecular weight is 367 g/mol. The summed E-state index contributed by atoms with van der Waals surface area (Å²) in [6.07, 6.45) is 2.54. The molecule has 1 aliphatic rings. The molecule has 1 saturated heterocycles. The lowest BCUT2D eigenvalue weighted by atomic mass is 9.93. The normalized spacial score (nSPS) is 15.4. The maximum atomic E-state index is 6.73. The van der Waals surface area contributed by atoms with Crippen LogP contribution < -0.4 is 10.6 Å². The molecule has 3 heteroatoms. The highest BCUT2D eigenvalue weighted by atomic mass is 15.1. The van der Waals surface area contributed by atoms with Crippen LogP contribution in [0, 0.1) is 6.92 Å². The molecule has 1 fully saturated rings. The van der Waals surface area contributed by atoms with Crippen molar-refractivity contribution in [2.45, 2.75) is 25.8 Å². The number of aromatic nitrogens is 1. The zero-order valence-electron chi connectivity index (χ0n) is 16.2. The number of rotatable bonds is 3. The monoisotopic (exact) mass is 367 g/mol. The first-order valence-electron chi connectivity index (χ1n) is 10.1. The van der Waals surface area contributed by atoms with E-state index in [9.17, 15) is 0 Å². The van der Waals surface area contributed by atoms with Crippen LogP contribution in [0.2, 0.25) is 0 Å². The molecule has 2 heterocycles. The fraction of sp³-hybridized carbons (Fsp3) is 0.240. The van der Waals surface area contributed by atoms with E-state index in [1.807, 2.05) is 0 Å². The second-order valence-electron chi connectivity index (χ2n) is 7.80. The van der Waals surface area contributed by atoms with Crippen molar-refractivity contribution >= 4 is 27.4 Å². The highest BCUT2D eigenvalue weighted by Gasteiger charge is 2.18. The molecule has 3 aromatic carbocycles. The molecule has 5 rings (SSSR count). The number of nitrogens with two attached hydrogens (primary N) is 1. The summed E-state index contributed by atoms with van der Waals surface area (Å²) in [5.41, 5.74) is 12.4. The van der Waals surface area contributed by atoms with Crippen molar-refractivity contribution in [1.82, 2.24) is 4.98 Å². The number of anilines is 1. The fourth-order valence-corrected chi connectivity index (χ4v) is 4.47. The number of hydrogen-bond acceptors (Lipinski definition) is 3. The van der Waals surface area contributed by atoms with Crippen LogP contribution in [0.25, 0.3) is 21.7 Å². The topological polar surface area (TPSA) is 42.1 Å². The predicted molar refractivity (Wildman–Crippen MR) is 118 cm³/mol. The Bertz CT molecular complexity index is 1150. The van der Waals surface area contributed by atoms with Crippen LogP contribution in [0.3, 0.4) is 0 Å². The summed E-state index contributed by atoms with van der Waals surface area (Å²) in [4.78, 5) is 7.31. The fourth-order valence-electron chi connectivity index (χ4n) is 4.47. The first-order chi connectivity index (χ1) is 13.7. The summed E-state index contributed by atoms with van der Waals surface area (Å²) in [7, 11) is 0. The molecule has 0 bridgehead atoms. The summed E-state index contributed by atoms with van der Waals surface area (Å²) in [6, 6.07) is 23.4. The zero-order valence-corrected chi connectivity index (χ0v) is 16.2. The minimum Gasteiger partial charge on any atom is -0.371 e. The summed E-state index contributed by atoms with van der Waals surface area (Å²) in [5.74, 6) is 0. The third-order valence-electron chi connectivity index (χ3n) is 5.90. The molecule has 1 aromatic heterocycles. The summed E-state index contributed by atoms with van der Waals surface area (Å²) >= 11 is 0. The zero-order chi connectivity index (χ0) is 19.1. The molecule has 140 valence electrons. The van der Waals surface area contributed by atoms with E-state index in [0.29, 0.717) is 0 Å². The quantitative estimate of drug-likeness (QED) is 0.531. The molecule has 2 N–H and O–H groups in total. The number of fused-ring (bicyclic) bond motifs is 2. The van der Waals surface area contributed by atoms with Crippen molar-refractivity contribution in [1.29, 1.82) is 0 Å². The van der Waals surface area contributed by atoms with Crippen LogP contribution in [0.5, 0.6) is 0 Å². The Hall–Kier alpha value is -2.91.